The molecule has 144 valence electrons. The molecule has 2 heterocycles. The molecule has 1 saturated heterocycles. The van der Waals surface area contributed by atoms with Gasteiger partial charge in [0.15, 0.2) is 0 Å². The van der Waals surface area contributed by atoms with Gasteiger partial charge in [0.2, 0.25) is 5.91 Å². The number of primary amides is 1. The fourth-order valence-corrected chi connectivity index (χ4v) is 3.52. The molecule has 0 saturated carbocycles. The SMILES string of the molecule is CC(C)(C)N1CCC(NCc2ccc(-c3ccc(C(N)=O)cc3)nc2)CC1. The number of aromatic nitrogens is 1. The zero-order valence-electron chi connectivity index (χ0n) is 16.5. The van der Waals surface area contributed by atoms with Crippen LogP contribution in [0.25, 0.3) is 11.3 Å². The molecule has 1 aliphatic heterocycles. The molecule has 1 aliphatic rings. The van der Waals surface area contributed by atoms with Gasteiger partial charge in [-0.1, -0.05) is 18.2 Å². The highest BCUT2D eigenvalue weighted by molar-refractivity contribution is 5.93. The van der Waals surface area contributed by atoms with Gasteiger partial charge < -0.3 is 11.1 Å². The van der Waals surface area contributed by atoms with Gasteiger partial charge >= 0.3 is 0 Å². The number of hydrogen-bond donors (Lipinski definition) is 2. The van der Waals surface area contributed by atoms with Crippen LogP contribution in [0.1, 0.15) is 49.5 Å². The minimum Gasteiger partial charge on any atom is -0.366 e. The Kier molecular flexibility index (Phi) is 5.92. The second-order valence-electron chi connectivity index (χ2n) is 8.31. The van der Waals surface area contributed by atoms with Crippen LogP contribution in [0.15, 0.2) is 42.6 Å². The fourth-order valence-electron chi connectivity index (χ4n) is 3.52. The third-order valence-corrected chi connectivity index (χ3v) is 5.33. The molecule has 5 nitrogen and oxygen atoms in total. The van der Waals surface area contributed by atoms with Crippen LogP contribution in [0.4, 0.5) is 0 Å². The van der Waals surface area contributed by atoms with E-state index in [-0.39, 0.29) is 5.54 Å². The van der Waals surface area contributed by atoms with E-state index in [2.05, 4.69) is 42.0 Å². The summed E-state index contributed by atoms with van der Waals surface area (Å²) in [4.78, 5) is 18.3. The Bertz CT molecular complexity index is 754. The van der Waals surface area contributed by atoms with Crippen LogP contribution in [0.2, 0.25) is 0 Å². The number of hydrogen-bond acceptors (Lipinski definition) is 4. The van der Waals surface area contributed by atoms with Gasteiger partial charge in [0.25, 0.3) is 0 Å². The van der Waals surface area contributed by atoms with E-state index >= 15 is 0 Å². The van der Waals surface area contributed by atoms with Crippen molar-refractivity contribution in [2.24, 2.45) is 5.73 Å². The molecular weight excluding hydrogens is 336 g/mol. The number of likely N-dealkylation sites (tertiary alicyclic amines) is 1. The van der Waals surface area contributed by atoms with Gasteiger partial charge in [0.05, 0.1) is 5.69 Å². The lowest BCUT2D eigenvalue weighted by molar-refractivity contribution is 0.0960. The lowest BCUT2D eigenvalue weighted by Crippen LogP contribution is -2.49. The van der Waals surface area contributed by atoms with Crippen molar-refractivity contribution in [1.82, 2.24) is 15.2 Å². The van der Waals surface area contributed by atoms with Crippen LogP contribution in [0.3, 0.4) is 0 Å². The largest absolute Gasteiger partial charge is 0.366 e. The number of carbonyl (C=O) groups is 1. The molecule has 0 atom stereocenters. The molecule has 5 heteroatoms. The number of nitrogens with two attached hydrogens (primary N) is 1. The Morgan fingerprint density at radius 1 is 1.15 bits per heavy atom. The average Bonchev–Trinajstić information content (AvgIpc) is 2.66. The lowest BCUT2D eigenvalue weighted by Gasteiger charge is -2.41. The molecular formula is C22H30N4O. The van der Waals surface area contributed by atoms with Gasteiger partial charge in [-0.25, -0.2) is 0 Å². The topological polar surface area (TPSA) is 71.2 Å². The molecule has 0 aliphatic carbocycles. The number of nitrogens with one attached hydrogen (secondary N) is 1. The predicted octanol–water partition coefficient (Wildman–Crippen LogP) is 3.20. The maximum Gasteiger partial charge on any atom is 0.248 e. The van der Waals surface area contributed by atoms with E-state index < -0.39 is 5.91 Å². The first kappa shape index (κ1) is 19.5. The molecule has 1 amide bonds. The lowest BCUT2D eigenvalue weighted by atomic mass is 9.98. The molecule has 3 N–H and O–H groups in total. The molecule has 0 bridgehead atoms. The molecule has 27 heavy (non-hydrogen) atoms. The Morgan fingerprint density at radius 3 is 2.33 bits per heavy atom. The van der Waals surface area contributed by atoms with Crippen molar-refractivity contribution in [1.29, 1.82) is 0 Å². The first-order valence-corrected chi connectivity index (χ1v) is 9.66. The van der Waals surface area contributed by atoms with Crippen molar-refractivity contribution >= 4 is 5.91 Å². The first-order valence-electron chi connectivity index (χ1n) is 9.66. The third-order valence-electron chi connectivity index (χ3n) is 5.33. The molecule has 2 aromatic rings. The van der Waals surface area contributed by atoms with Crippen LogP contribution in [0.5, 0.6) is 0 Å². The smallest absolute Gasteiger partial charge is 0.248 e. The highest BCUT2D eigenvalue weighted by Gasteiger charge is 2.26. The fraction of sp³-hybridized carbons (Fsp3) is 0.455. The van der Waals surface area contributed by atoms with E-state index in [1.807, 2.05) is 24.4 Å². The van der Waals surface area contributed by atoms with Crippen molar-refractivity contribution in [3.8, 4) is 11.3 Å². The monoisotopic (exact) mass is 366 g/mol. The zero-order chi connectivity index (χ0) is 19.4. The molecule has 1 aromatic heterocycles. The van der Waals surface area contributed by atoms with Crippen LogP contribution >= 0.6 is 0 Å². The van der Waals surface area contributed by atoms with E-state index in [4.69, 9.17) is 5.73 Å². The molecule has 0 radical (unpaired) electrons. The number of amides is 1. The van der Waals surface area contributed by atoms with Crippen molar-refractivity contribution in [2.75, 3.05) is 13.1 Å². The summed E-state index contributed by atoms with van der Waals surface area (Å²) in [5.74, 6) is -0.413. The number of piperidine rings is 1. The summed E-state index contributed by atoms with van der Waals surface area (Å²) in [5.41, 5.74) is 9.12. The molecule has 0 unspecified atom stereocenters. The molecule has 3 rings (SSSR count). The highest BCUT2D eigenvalue weighted by Crippen LogP contribution is 2.21. The molecule has 0 spiro atoms. The maximum absolute atomic E-state index is 11.2. The van der Waals surface area contributed by atoms with Gasteiger partial charge in [0.1, 0.15) is 0 Å². The minimum atomic E-state index is -0.413. The Balaban J connectivity index is 1.52. The summed E-state index contributed by atoms with van der Waals surface area (Å²) >= 11 is 0. The van der Waals surface area contributed by atoms with E-state index in [0.29, 0.717) is 11.6 Å². The van der Waals surface area contributed by atoms with Crippen molar-refractivity contribution in [2.45, 2.75) is 51.7 Å². The molecule has 1 aromatic carbocycles. The van der Waals surface area contributed by atoms with Crippen molar-refractivity contribution in [3.63, 3.8) is 0 Å². The number of nitrogens with zero attached hydrogens (tertiary/aromatic N) is 2. The Hall–Kier alpha value is -2.24. The summed E-state index contributed by atoms with van der Waals surface area (Å²) in [7, 11) is 0. The van der Waals surface area contributed by atoms with Gasteiger partial charge in [-0.2, -0.15) is 0 Å². The number of pyridine rings is 1. The van der Waals surface area contributed by atoms with Crippen LogP contribution in [-0.4, -0.2) is 40.5 Å². The number of carbonyl (C=O) groups excluding carboxylic acids is 1. The zero-order valence-corrected chi connectivity index (χ0v) is 16.5. The Labute approximate surface area is 162 Å². The van der Waals surface area contributed by atoms with Crippen molar-refractivity contribution in [3.05, 3.63) is 53.7 Å². The van der Waals surface area contributed by atoms with E-state index in [1.165, 1.54) is 18.4 Å². The highest BCUT2D eigenvalue weighted by atomic mass is 16.1. The number of benzene rings is 1. The first-order chi connectivity index (χ1) is 12.8. The van der Waals surface area contributed by atoms with Crippen LogP contribution in [0, 0.1) is 0 Å². The summed E-state index contributed by atoms with van der Waals surface area (Å²) in [5, 5.41) is 3.67. The van der Waals surface area contributed by atoms with Gasteiger partial charge in [-0.3, -0.25) is 14.7 Å². The average molecular weight is 367 g/mol. The predicted molar refractivity (Wildman–Crippen MR) is 109 cm³/mol. The summed E-state index contributed by atoms with van der Waals surface area (Å²) in [6.07, 6.45) is 4.30. The quantitative estimate of drug-likeness (QED) is 0.852. The normalized spacial score (nSPS) is 16.4. The van der Waals surface area contributed by atoms with Gasteiger partial charge in [-0.15, -0.1) is 0 Å². The standard InChI is InChI=1S/C22H30N4O/c1-22(2,3)26-12-10-19(11-13-26)24-14-16-4-9-20(25-15-16)17-5-7-18(8-6-17)21(23)27/h4-9,15,19,24H,10-14H2,1-3H3,(H2,23,27). The van der Waals surface area contributed by atoms with E-state index in [0.717, 1.165) is 30.9 Å². The van der Waals surface area contributed by atoms with Crippen LogP contribution < -0.4 is 11.1 Å². The summed E-state index contributed by atoms with van der Waals surface area (Å²) < 4.78 is 0. The minimum absolute atomic E-state index is 0.264. The second-order valence-corrected chi connectivity index (χ2v) is 8.31. The summed E-state index contributed by atoms with van der Waals surface area (Å²) in [6.45, 7) is 10.0. The molecule has 1 fully saturated rings. The van der Waals surface area contributed by atoms with Gasteiger partial charge in [0, 0.05) is 48.5 Å². The Morgan fingerprint density at radius 2 is 1.81 bits per heavy atom. The second kappa shape index (κ2) is 8.19. The van der Waals surface area contributed by atoms with E-state index in [9.17, 15) is 4.79 Å². The maximum atomic E-state index is 11.2. The van der Waals surface area contributed by atoms with Crippen LogP contribution in [-0.2, 0) is 6.54 Å². The third kappa shape index (κ3) is 5.15. The van der Waals surface area contributed by atoms with Gasteiger partial charge in [-0.05, 0) is 57.4 Å². The van der Waals surface area contributed by atoms with E-state index in [1.54, 1.807) is 12.1 Å². The summed E-state index contributed by atoms with van der Waals surface area (Å²) in [6, 6.07) is 11.9. The number of rotatable bonds is 5. The van der Waals surface area contributed by atoms with Crippen molar-refractivity contribution < 1.29 is 4.79 Å².